The Morgan fingerprint density at radius 3 is 1.75 bits per heavy atom. The van der Waals surface area contributed by atoms with Crippen molar-refractivity contribution in [2.75, 3.05) is 43.0 Å². The molecule has 0 atom stereocenters. The SMILES string of the molecule is COc1ccc(S(=O)(=O)CCOS(=O)(=O)O)cc1/N=N/c1c(S(=O)(=O)O)cc2c(/N=N/c3cccc(S(=O)(=O)CCOS(=O)(=O)O)c3)c(NCS(=O)(=O)O)ccc2c1O. The molecule has 59 heavy (non-hydrogen) atoms. The van der Waals surface area contributed by atoms with Gasteiger partial charge in [-0.2, -0.15) is 38.8 Å². The van der Waals surface area contributed by atoms with Crippen molar-refractivity contribution in [3.05, 3.63) is 60.7 Å². The molecule has 322 valence electrons. The number of phenolic OH excluding ortho intramolecular Hbond substituents is 1. The average molecular weight is 948 g/mol. The van der Waals surface area contributed by atoms with E-state index in [1.54, 1.807) is 0 Å². The Kier molecular flexibility index (Phi) is 14.2. The third-order valence-electron chi connectivity index (χ3n) is 7.31. The van der Waals surface area contributed by atoms with E-state index in [4.69, 9.17) is 13.8 Å². The van der Waals surface area contributed by atoms with Crippen molar-refractivity contribution in [1.82, 2.24) is 0 Å². The Labute approximate surface area is 335 Å². The Morgan fingerprint density at radius 2 is 1.20 bits per heavy atom. The zero-order valence-corrected chi connectivity index (χ0v) is 34.3. The van der Waals surface area contributed by atoms with Crippen LogP contribution in [0.25, 0.3) is 10.8 Å². The van der Waals surface area contributed by atoms with Crippen LogP contribution in [0, 0.1) is 0 Å². The number of phenols is 1. The number of ether oxygens (including phenoxy) is 1. The van der Waals surface area contributed by atoms with Crippen molar-refractivity contribution >= 4 is 99.9 Å². The highest BCUT2D eigenvalue weighted by Gasteiger charge is 2.26. The smallest absolute Gasteiger partial charge is 0.397 e. The summed E-state index contributed by atoms with van der Waals surface area (Å²) in [6, 6.07) is 10.4. The summed E-state index contributed by atoms with van der Waals surface area (Å²) in [7, 11) is -27.5. The minimum absolute atomic E-state index is 0.156. The zero-order chi connectivity index (χ0) is 44.2. The number of hydrogen-bond donors (Lipinski definition) is 6. The van der Waals surface area contributed by atoms with Crippen LogP contribution in [0.2, 0.25) is 0 Å². The number of fused-ring (bicyclic) bond motifs is 1. The van der Waals surface area contributed by atoms with Gasteiger partial charge in [0.1, 0.15) is 33.6 Å². The lowest BCUT2D eigenvalue weighted by Crippen LogP contribution is -2.15. The van der Waals surface area contributed by atoms with Gasteiger partial charge in [0.15, 0.2) is 25.4 Å². The maximum atomic E-state index is 12.8. The Balaban J connectivity index is 1.87. The first-order valence-corrected chi connectivity index (χ1v) is 24.5. The summed E-state index contributed by atoms with van der Waals surface area (Å²) >= 11 is 0. The molecule has 0 aliphatic carbocycles. The van der Waals surface area contributed by atoms with Gasteiger partial charge in [0.2, 0.25) is 0 Å². The first kappa shape index (κ1) is 46.9. The summed E-state index contributed by atoms with van der Waals surface area (Å²) in [5.41, 5.74) is -2.31. The van der Waals surface area contributed by atoms with Gasteiger partial charge >= 0.3 is 20.8 Å². The third kappa shape index (κ3) is 13.1. The van der Waals surface area contributed by atoms with E-state index in [-0.39, 0.29) is 27.9 Å². The topological polar surface area (TPSA) is 395 Å². The number of hydrogen-bond acceptors (Lipinski definition) is 21. The molecule has 4 aromatic carbocycles. The number of sulfone groups is 2. The molecule has 0 spiro atoms. The van der Waals surface area contributed by atoms with Crippen molar-refractivity contribution < 1.29 is 86.9 Å². The van der Waals surface area contributed by atoms with Crippen molar-refractivity contribution in [3.8, 4) is 11.5 Å². The zero-order valence-electron chi connectivity index (χ0n) is 29.4. The van der Waals surface area contributed by atoms with Crippen molar-refractivity contribution in [1.29, 1.82) is 0 Å². The first-order chi connectivity index (χ1) is 27.1. The molecule has 0 heterocycles. The van der Waals surface area contributed by atoms with E-state index in [1.165, 1.54) is 12.1 Å². The van der Waals surface area contributed by atoms with E-state index in [9.17, 15) is 64.7 Å². The second kappa shape index (κ2) is 17.8. The quantitative estimate of drug-likeness (QED) is 0.0581. The van der Waals surface area contributed by atoms with E-state index in [2.05, 4.69) is 34.1 Å². The van der Waals surface area contributed by atoms with E-state index < -0.39 is 129 Å². The highest BCUT2D eigenvalue weighted by Crippen LogP contribution is 2.47. The highest BCUT2D eigenvalue weighted by molar-refractivity contribution is 7.91. The van der Waals surface area contributed by atoms with Crippen LogP contribution in [-0.2, 0) is 69.1 Å². The van der Waals surface area contributed by atoms with Crippen LogP contribution in [0.15, 0.2) is 95.8 Å². The van der Waals surface area contributed by atoms with E-state index in [1.807, 2.05) is 0 Å². The molecule has 0 radical (unpaired) electrons. The lowest BCUT2D eigenvalue weighted by Gasteiger charge is -2.14. The molecule has 0 saturated carbocycles. The Bertz CT molecular complexity index is 3030. The van der Waals surface area contributed by atoms with Crippen LogP contribution < -0.4 is 10.1 Å². The number of nitrogens with one attached hydrogen (secondary N) is 1. The molecule has 0 amide bonds. The summed E-state index contributed by atoms with van der Waals surface area (Å²) in [6.45, 7) is -1.93. The number of aromatic hydroxyl groups is 1. The molecule has 0 fully saturated rings. The molecule has 0 unspecified atom stereocenters. The maximum Gasteiger partial charge on any atom is 0.397 e. The molecule has 0 saturated heterocycles. The molecule has 0 bridgehead atoms. The van der Waals surface area contributed by atoms with Crippen molar-refractivity contribution in [2.24, 2.45) is 20.5 Å². The minimum atomic E-state index is -5.38. The number of benzene rings is 4. The largest absolute Gasteiger partial charge is 0.505 e. The maximum absolute atomic E-state index is 12.8. The number of nitrogens with zero attached hydrogens (tertiary/aromatic N) is 4. The molecule has 25 nitrogen and oxygen atoms in total. The molecule has 4 rings (SSSR count). The number of azo groups is 2. The van der Waals surface area contributed by atoms with Crippen LogP contribution in [0.3, 0.4) is 0 Å². The molecule has 31 heteroatoms. The van der Waals surface area contributed by atoms with Crippen LogP contribution in [-0.4, -0.2) is 112 Å². The summed E-state index contributed by atoms with van der Waals surface area (Å²) in [5.74, 6) is -4.18. The molecular formula is C28H29N5O20S6. The summed E-state index contributed by atoms with van der Waals surface area (Å²) in [6.07, 6.45) is 0. The predicted molar refractivity (Wildman–Crippen MR) is 202 cm³/mol. The second-order valence-electron chi connectivity index (χ2n) is 11.4. The van der Waals surface area contributed by atoms with Gasteiger partial charge in [0, 0.05) is 10.8 Å². The van der Waals surface area contributed by atoms with Crippen LogP contribution in [0.1, 0.15) is 0 Å². The van der Waals surface area contributed by atoms with Gasteiger partial charge in [-0.15, -0.1) is 15.3 Å². The van der Waals surface area contributed by atoms with E-state index in [0.717, 1.165) is 49.6 Å². The normalized spacial score (nSPS) is 13.4. The molecule has 4 aromatic rings. The van der Waals surface area contributed by atoms with Crippen molar-refractivity contribution in [2.45, 2.75) is 14.7 Å². The number of methoxy groups -OCH3 is 1. The predicted octanol–water partition coefficient (Wildman–Crippen LogP) is 3.07. The summed E-state index contributed by atoms with van der Waals surface area (Å²) < 4.78 is 193. The molecule has 6 N–H and O–H groups in total. The van der Waals surface area contributed by atoms with Gasteiger partial charge in [-0.25, -0.2) is 25.2 Å². The monoisotopic (exact) mass is 947 g/mol. The highest BCUT2D eigenvalue weighted by atomic mass is 32.3. The van der Waals surface area contributed by atoms with Crippen LogP contribution in [0.5, 0.6) is 11.5 Å². The van der Waals surface area contributed by atoms with Gasteiger partial charge in [-0.3, -0.25) is 18.2 Å². The van der Waals surface area contributed by atoms with Crippen LogP contribution >= 0.6 is 0 Å². The molecular weight excluding hydrogens is 919 g/mol. The fourth-order valence-electron chi connectivity index (χ4n) is 4.74. The summed E-state index contributed by atoms with van der Waals surface area (Å²) in [4.78, 5) is -2.08. The van der Waals surface area contributed by atoms with Crippen LogP contribution in [0.4, 0.5) is 28.4 Å². The van der Waals surface area contributed by atoms with Gasteiger partial charge in [-0.1, -0.05) is 6.07 Å². The lowest BCUT2D eigenvalue weighted by molar-refractivity contribution is 0.282. The second-order valence-corrected chi connectivity index (χ2v) is 20.6. The van der Waals surface area contributed by atoms with E-state index >= 15 is 0 Å². The molecule has 0 aromatic heterocycles. The molecule has 0 aliphatic rings. The summed E-state index contributed by atoms with van der Waals surface area (Å²) in [5, 5.41) is 28.4. The van der Waals surface area contributed by atoms with Gasteiger partial charge in [0.05, 0.1) is 53.0 Å². The molecule has 0 aliphatic heterocycles. The Hall–Kier alpha value is -4.80. The van der Waals surface area contributed by atoms with Gasteiger partial charge in [-0.05, 0) is 54.6 Å². The average Bonchev–Trinajstić information content (AvgIpc) is 3.10. The fraction of sp³-hybridized carbons (Fsp3) is 0.214. The lowest BCUT2D eigenvalue weighted by atomic mass is 10.1. The Morgan fingerprint density at radius 1 is 0.627 bits per heavy atom. The number of rotatable bonds is 19. The van der Waals surface area contributed by atoms with Gasteiger partial charge in [0.25, 0.3) is 20.2 Å². The van der Waals surface area contributed by atoms with Crippen molar-refractivity contribution in [3.63, 3.8) is 0 Å². The number of anilines is 1. The van der Waals surface area contributed by atoms with Gasteiger partial charge < -0.3 is 15.2 Å². The third-order valence-corrected chi connectivity index (χ3v) is 13.0. The van der Waals surface area contributed by atoms with E-state index in [0.29, 0.717) is 6.07 Å². The minimum Gasteiger partial charge on any atom is -0.505 e. The fourth-order valence-corrected chi connectivity index (χ4v) is 8.76. The standard InChI is InChI=1S/C28H29N5O20S6/c1-51-24-8-5-19(55(37,38)12-10-53-59(48,49)50)14-23(24)31-33-27-25(57(42,43)44)15-21-20(28(27)34)6-7-22(29-16-56(39,40)41)26(21)32-30-17-3-2-4-18(13-17)54(35,36)11-9-52-58(45,46)47/h2-8,13-15,29,34H,9-12,16H2,1H3,(H,39,40,41)(H,42,43,44)(H,45,46,47)(H,48,49,50)/b32-30+,33-31+. The first-order valence-electron chi connectivity index (χ1n) is 15.4.